The summed E-state index contributed by atoms with van der Waals surface area (Å²) in [4.78, 5) is 0.202. The molecular weight excluding hydrogens is 278 g/mol. The highest BCUT2D eigenvalue weighted by Gasteiger charge is 2.15. The zero-order valence-electron chi connectivity index (χ0n) is 8.07. The summed E-state index contributed by atoms with van der Waals surface area (Å²) in [5.41, 5.74) is 0. The Morgan fingerprint density at radius 3 is 2.40 bits per heavy atom. The van der Waals surface area contributed by atoms with Crippen LogP contribution in [0.25, 0.3) is 0 Å². The molecule has 1 unspecified atom stereocenters. The SMILES string of the molecule is C#CC(C)NS(=O)(=O)c1ccc(Br)cc1. The first-order valence-electron chi connectivity index (χ1n) is 4.20. The molecule has 0 saturated carbocycles. The maximum absolute atomic E-state index is 11.7. The van der Waals surface area contributed by atoms with E-state index in [0.29, 0.717) is 0 Å². The molecule has 5 heteroatoms. The average molecular weight is 288 g/mol. The first kappa shape index (κ1) is 12.2. The van der Waals surface area contributed by atoms with E-state index in [1.54, 1.807) is 19.1 Å². The number of nitrogens with one attached hydrogen (secondary N) is 1. The Bertz CT molecular complexity index is 473. The lowest BCUT2D eigenvalue weighted by molar-refractivity contribution is 0.577. The van der Waals surface area contributed by atoms with Gasteiger partial charge in [0, 0.05) is 4.47 Å². The topological polar surface area (TPSA) is 46.2 Å². The van der Waals surface area contributed by atoms with Gasteiger partial charge in [0.2, 0.25) is 10.0 Å². The molecule has 15 heavy (non-hydrogen) atoms. The van der Waals surface area contributed by atoms with Gasteiger partial charge in [-0.25, -0.2) is 8.42 Å². The molecule has 0 fully saturated rings. The van der Waals surface area contributed by atoms with Gasteiger partial charge in [0.05, 0.1) is 10.9 Å². The molecule has 0 aliphatic rings. The van der Waals surface area contributed by atoms with Crippen LogP contribution in [0.5, 0.6) is 0 Å². The summed E-state index contributed by atoms with van der Waals surface area (Å²) in [5.74, 6) is 2.30. The normalized spacial score (nSPS) is 13.1. The molecule has 0 spiro atoms. The van der Waals surface area contributed by atoms with Crippen LogP contribution in [0, 0.1) is 12.3 Å². The van der Waals surface area contributed by atoms with Crippen LogP contribution >= 0.6 is 15.9 Å². The lowest BCUT2D eigenvalue weighted by Crippen LogP contribution is -2.31. The smallest absolute Gasteiger partial charge is 0.207 e. The Hall–Kier alpha value is -0.830. The molecule has 0 aliphatic heterocycles. The predicted molar refractivity (Wildman–Crippen MR) is 62.8 cm³/mol. The standard InChI is InChI=1S/C10H10BrNO2S/c1-3-8(2)12-15(13,14)10-6-4-9(11)5-7-10/h1,4-8,12H,2H3. The summed E-state index contributed by atoms with van der Waals surface area (Å²) < 4.78 is 26.6. The summed E-state index contributed by atoms with van der Waals surface area (Å²) in [6.45, 7) is 1.61. The summed E-state index contributed by atoms with van der Waals surface area (Å²) in [6.07, 6.45) is 5.10. The Labute approximate surface area is 98.1 Å². The molecule has 1 aromatic rings. The van der Waals surface area contributed by atoms with E-state index in [2.05, 4.69) is 26.6 Å². The van der Waals surface area contributed by atoms with Gasteiger partial charge < -0.3 is 0 Å². The van der Waals surface area contributed by atoms with E-state index in [9.17, 15) is 8.42 Å². The fourth-order valence-electron chi connectivity index (χ4n) is 0.949. The number of benzene rings is 1. The molecule has 80 valence electrons. The number of hydrogen-bond acceptors (Lipinski definition) is 2. The minimum Gasteiger partial charge on any atom is -0.207 e. The highest BCUT2D eigenvalue weighted by Crippen LogP contribution is 2.14. The summed E-state index contributed by atoms with van der Waals surface area (Å²) in [5, 5.41) is 0. The third-order valence-corrected chi connectivity index (χ3v) is 3.79. The zero-order valence-corrected chi connectivity index (χ0v) is 10.5. The van der Waals surface area contributed by atoms with Crippen molar-refractivity contribution in [2.24, 2.45) is 0 Å². The predicted octanol–water partition coefficient (Wildman–Crippen LogP) is 1.75. The number of terminal acetylenes is 1. The van der Waals surface area contributed by atoms with Crippen molar-refractivity contribution in [1.29, 1.82) is 0 Å². The summed E-state index contributed by atoms with van der Waals surface area (Å²) in [6, 6.07) is 5.83. The molecule has 1 atom stereocenters. The van der Waals surface area contributed by atoms with E-state index >= 15 is 0 Å². The number of halogens is 1. The lowest BCUT2D eigenvalue weighted by Gasteiger charge is -2.08. The van der Waals surface area contributed by atoms with Crippen LogP contribution in [0.15, 0.2) is 33.6 Å². The van der Waals surface area contributed by atoms with E-state index < -0.39 is 16.1 Å². The molecule has 1 aromatic carbocycles. The van der Waals surface area contributed by atoms with Crippen molar-refractivity contribution in [3.63, 3.8) is 0 Å². The summed E-state index contributed by atoms with van der Waals surface area (Å²) >= 11 is 3.23. The van der Waals surface area contributed by atoms with Crippen LogP contribution < -0.4 is 4.72 Å². The maximum atomic E-state index is 11.7. The first-order valence-corrected chi connectivity index (χ1v) is 6.47. The molecule has 0 radical (unpaired) electrons. The van der Waals surface area contributed by atoms with E-state index in [1.165, 1.54) is 12.1 Å². The molecule has 0 aliphatic carbocycles. The van der Waals surface area contributed by atoms with E-state index in [0.717, 1.165) is 4.47 Å². The number of sulfonamides is 1. The van der Waals surface area contributed by atoms with Crippen molar-refractivity contribution in [3.8, 4) is 12.3 Å². The second-order valence-electron chi connectivity index (χ2n) is 2.96. The Kier molecular flexibility index (Phi) is 3.91. The van der Waals surface area contributed by atoms with Crippen molar-refractivity contribution in [2.45, 2.75) is 17.9 Å². The van der Waals surface area contributed by atoms with Crippen LogP contribution in [-0.2, 0) is 10.0 Å². The lowest BCUT2D eigenvalue weighted by atomic mass is 10.4. The van der Waals surface area contributed by atoms with Crippen LogP contribution in [0.4, 0.5) is 0 Å². The number of hydrogen-bond donors (Lipinski definition) is 1. The fourth-order valence-corrected chi connectivity index (χ4v) is 2.38. The monoisotopic (exact) mass is 287 g/mol. The highest BCUT2D eigenvalue weighted by atomic mass is 79.9. The molecule has 1 N–H and O–H groups in total. The van der Waals surface area contributed by atoms with Crippen molar-refractivity contribution in [1.82, 2.24) is 4.72 Å². The third-order valence-electron chi connectivity index (χ3n) is 1.71. The van der Waals surface area contributed by atoms with Gasteiger partial charge in [-0.15, -0.1) is 6.42 Å². The Morgan fingerprint density at radius 1 is 1.40 bits per heavy atom. The van der Waals surface area contributed by atoms with Crippen LogP contribution in [-0.4, -0.2) is 14.5 Å². The van der Waals surface area contributed by atoms with Gasteiger partial charge in [0.15, 0.2) is 0 Å². The summed E-state index contributed by atoms with van der Waals surface area (Å²) in [7, 11) is -3.50. The minimum absolute atomic E-state index is 0.202. The van der Waals surface area contributed by atoms with Gasteiger partial charge in [-0.05, 0) is 31.2 Å². The van der Waals surface area contributed by atoms with Gasteiger partial charge in [-0.2, -0.15) is 4.72 Å². The van der Waals surface area contributed by atoms with Crippen molar-refractivity contribution < 1.29 is 8.42 Å². The van der Waals surface area contributed by atoms with E-state index in [1.807, 2.05) is 0 Å². The van der Waals surface area contributed by atoms with Crippen LogP contribution in [0.3, 0.4) is 0 Å². The van der Waals surface area contributed by atoms with E-state index in [4.69, 9.17) is 6.42 Å². The molecule has 3 nitrogen and oxygen atoms in total. The van der Waals surface area contributed by atoms with Gasteiger partial charge in [-0.3, -0.25) is 0 Å². The Balaban J connectivity index is 2.98. The highest BCUT2D eigenvalue weighted by molar-refractivity contribution is 9.10. The van der Waals surface area contributed by atoms with Crippen LogP contribution in [0.2, 0.25) is 0 Å². The second kappa shape index (κ2) is 4.79. The molecule has 0 aromatic heterocycles. The second-order valence-corrected chi connectivity index (χ2v) is 5.59. The zero-order chi connectivity index (χ0) is 11.5. The molecule has 0 heterocycles. The van der Waals surface area contributed by atoms with Gasteiger partial charge in [-0.1, -0.05) is 21.9 Å². The first-order chi connectivity index (χ1) is 6.95. The van der Waals surface area contributed by atoms with Gasteiger partial charge in [0.25, 0.3) is 0 Å². The quantitative estimate of drug-likeness (QED) is 0.861. The van der Waals surface area contributed by atoms with Crippen molar-refractivity contribution in [2.75, 3.05) is 0 Å². The van der Waals surface area contributed by atoms with Crippen molar-refractivity contribution >= 4 is 26.0 Å². The number of rotatable bonds is 3. The molecular formula is C10H10BrNO2S. The largest absolute Gasteiger partial charge is 0.241 e. The average Bonchev–Trinajstić information content (AvgIpc) is 2.17. The third kappa shape index (κ3) is 3.34. The minimum atomic E-state index is -3.50. The van der Waals surface area contributed by atoms with Gasteiger partial charge in [0.1, 0.15) is 0 Å². The molecule has 0 saturated heterocycles. The van der Waals surface area contributed by atoms with Crippen LogP contribution in [0.1, 0.15) is 6.92 Å². The Morgan fingerprint density at radius 2 is 1.93 bits per heavy atom. The van der Waals surface area contributed by atoms with E-state index in [-0.39, 0.29) is 4.90 Å². The fraction of sp³-hybridized carbons (Fsp3) is 0.200. The molecule has 1 rings (SSSR count). The molecule has 0 amide bonds. The van der Waals surface area contributed by atoms with Crippen molar-refractivity contribution in [3.05, 3.63) is 28.7 Å². The molecule has 0 bridgehead atoms. The van der Waals surface area contributed by atoms with Gasteiger partial charge >= 0.3 is 0 Å². The maximum Gasteiger partial charge on any atom is 0.241 e.